The summed E-state index contributed by atoms with van der Waals surface area (Å²) in [5.41, 5.74) is 0.364. The van der Waals surface area contributed by atoms with E-state index in [9.17, 15) is 9.18 Å². The Morgan fingerprint density at radius 1 is 1.32 bits per heavy atom. The molecule has 1 fully saturated rings. The molecule has 19 heavy (non-hydrogen) atoms. The summed E-state index contributed by atoms with van der Waals surface area (Å²) in [5.74, 6) is -0.415. The number of carbonyl (C=O) groups is 1. The van der Waals surface area contributed by atoms with Gasteiger partial charge in [0, 0.05) is 19.1 Å². The zero-order valence-corrected chi connectivity index (χ0v) is 11.3. The number of benzene rings is 1. The number of rotatable bonds is 4. The van der Waals surface area contributed by atoms with Crippen molar-refractivity contribution in [2.75, 3.05) is 7.11 Å². The standard InChI is InChI=1S/C15H19FO3/c1-10(17)11-6-7-15(14(16)8-11)19-13-5-3-4-12(9-13)18-2/h6-8,12-13H,3-5,9H2,1-2H3. The van der Waals surface area contributed by atoms with Crippen LogP contribution in [0.2, 0.25) is 0 Å². The summed E-state index contributed by atoms with van der Waals surface area (Å²) < 4.78 is 24.8. The Labute approximate surface area is 112 Å². The van der Waals surface area contributed by atoms with Crippen molar-refractivity contribution < 1.29 is 18.7 Å². The summed E-state index contributed by atoms with van der Waals surface area (Å²) in [6, 6.07) is 4.36. The van der Waals surface area contributed by atoms with Crippen molar-refractivity contribution in [2.45, 2.75) is 44.8 Å². The van der Waals surface area contributed by atoms with Crippen molar-refractivity contribution in [3.8, 4) is 5.75 Å². The highest BCUT2D eigenvalue weighted by Crippen LogP contribution is 2.27. The smallest absolute Gasteiger partial charge is 0.165 e. The monoisotopic (exact) mass is 266 g/mol. The Kier molecular flexibility index (Phi) is 4.53. The molecule has 2 atom stereocenters. The molecule has 0 heterocycles. The second kappa shape index (κ2) is 6.15. The molecule has 0 N–H and O–H groups in total. The van der Waals surface area contributed by atoms with Gasteiger partial charge < -0.3 is 9.47 Å². The lowest BCUT2D eigenvalue weighted by atomic mass is 9.95. The van der Waals surface area contributed by atoms with Crippen molar-refractivity contribution in [1.29, 1.82) is 0 Å². The second-order valence-electron chi connectivity index (χ2n) is 4.97. The third-order valence-corrected chi connectivity index (χ3v) is 3.54. The third-order valence-electron chi connectivity index (χ3n) is 3.54. The van der Waals surface area contributed by atoms with Crippen LogP contribution in [0.5, 0.6) is 5.75 Å². The maximum atomic E-state index is 13.8. The molecule has 104 valence electrons. The van der Waals surface area contributed by atoms with Gasteiger partial charge in [-0.1, -0.05) is 0 Å². The fraction of sp³-hybridized carbons (Fsp3) is 0.533. The van der Waals surface area contributed by atoms with Gasteiger partial charge in [0.1, 0.15) is 6.10 Å². The normalized spacial score (nSPS) is 23.1. The topological polar surface area (TPSA) is 35.5 Å². The third kappa shape index (κ3) is 3.53. The Bertz CT molecular complexity index is 459. The number of halogens is 1. The van der Waals surface area contributed by atoms with Crippen molar-refractivity contribution in [3.05, 3.63) is 29.6 Å². The molecule has 1 aliphatic rings. The minimum absolute atomic E-state index is 0.0172. The van der Waals surface area contributed by atoms with Gasteiger partial charge in [-0.2, -0.15) is 0 Å². The molecule has 2 rings (SSSR count). The molecule has 0 saturated heterocycles. The average molecular weight is 266 g/mol. The number of hydrogen-bond donors (Lipinski definition) is 0. The molecular weight excluding hydrogens is 247 g/mol. The highest BCUT2D eigenvalue weighted by atomic mass is 19.1. The first kappa shape index (κ1) is 14.0. The van der Waals surface area contributed by atoms with Gasteiger partial charge in [0.2, 0.25) is 0 Å². The summed E-state index contributed by atoms with van der Waals surface area (Å²) in [7, 11) is 1.69. The zero-order chi connectivity index (χ0) is 13.8. The molecule has 0 radical (unpaired) electrons. The van der Waals surface area contributed by atoms with Gasteiger partial charge >= 0.3 is 0 Å². The van der Waals surface area contributed by atoms with Gasteiger partial charge in [0.25, 0.3) is 0 Å². The van der Waals surface area contributed by atoms with Crippen LogP contribution >= 0.6 is 0 Å². The van der Waals surface area contributed by atoms with E-state index in [1.54, 1.807) is 13.2 Å². The van der Waals surface area contributed by atoms with Crippen LogP contribution in [-0.2, 0) is 4.74 Å². The van der Waals surface area contributed by atoms with Crippen molar-refractivity contribution in [2.24, 2.45) is 0 Å². The summed E-state index contributed by atoms with van der Waals surface area (Å²) in [5, 5.41) is 0. The van der Waals surface area contributed by atoms with Crippen molar-refractivity contribution in [1.82, 2.24) is 0 Å². The molecule has 0 amide bonds. The van der Waals surface area contributed by atoms with Gasteiger partial charge in [0.15, 0.2) is 17.3 Å². The van der Waals surface area contributed by atoms with Crippen molar-refractivity contribution in [3.63, 3.8) is 0 Å². The number of Topliss-reactive ketones (excluding diaryl/α,β-unsaturated/α-hetero) is 1. The summed E-state index contributed by atoms with van der Waals surface area (Å²) in [6.07, 6.45) is 3.92. The van der Waals surface area contributed by atoms with Crippen LogP contribution in [0.4, 0.5) is 4.39 Å². The molecule has 0 spiro atoms. The van der Waals surface area contributed by atoms with E-state index in [4.69, 9.17) is 9.47 Å². The lowest BCUT2D eigenvalue weighted by Gasteiger charge is -2.28. The largest absolute Gasteiger partial charge is 0.487 e. The molecule has 0 aliphatic heterocycles. The summed E-state index contributed by atoms with van der Waals surface area (Å²) in [4.78, 5) is 11.2. The Balaban J connectivity index is 2.04. The minimum atomic E-state index is -0.479. The second-order valence-corrected chi connectivity index (χ2v) is 4.97. The molecular formula is C15H19FO3. The minimum Gasteiger partial charge on any atom is -0.487 e. The van der Waals surface area contributed by atoms with E-state index >= 15 is 0 Å². The molecule has 1 aliphatic carbocycles. The summed E-state index contributed by atoms with van der Waals surface area (Å²) in [6.45, 7) is 1.42. The van der Waals surface area contributed by atoms with Crippen LogP contribution in [0.1, 0.15) is 43.0 Å². The van der Waals surface area contributed by atoms with Gasteiger partial charge in [-0.25, -0.2) is 4.39 Å². The molecule has 1 aromatic rings. The van der Waals surface area contributed by atoms with E-state index in [0.29, 0.717) is 5.56 Å². The maximum Gasteiger partial charge on any atom is 0.165 e. The quantitative estimate of drug-likeness (QED) is 0.784. The van der Waals surface area contributed by atoms with Gasteiger partial charge in [-0.15, -0.1) is 0 Å². The predicted octanol–water partition coefficient (Wildman–Crippen LogP) is 3.36. The summed E-state index contributed by atoms with van der Waals surface area (Å²) >= 11 is 0. The molecule has 0 bridgehead atoms. The van der Waals surface area contributed by atoms with Crippen LogP contribution in [0.15, 0.2) is 18.2 Å². The SMILES string of the molecule is COC1CCCC(Oc2ccc(C(C)=O)cc2F)C1. The Hall–Kier alpha value is -1.42. The first-order valence-corrected chi connectivity index (χ1v) is 6.60. The lowest BCUT2D eigenvalue weighted by molar-refractivity contribution is 0.0197. The van der Waals surface area contributed by atoms with E-state index in [2.05, 4.69) is 0 Å². The van der Waals surface area contributed by atoms with Crippen LogP contribution in [0, 0.1) is 5.82 Å². The van der Waals surface area contributed by atoms with E-state index in [0.717, 1.165) is 25.7 Å². The molecule has 1 aromatic carbocycles. The van der Waals surface area contributed by atoms with Crippen molar-refractivity contribution >= 4 is 5.78 Å². The first-order chi connectivity index (χ1) is 9.10. The van der Waals surface area contributed by atoms with Gasteiger partial charge in [0.05, 0.1) is 6.10 Å². The number of ketones is 1. The number of methoxy groups -OCH3 is 1. The van der Waals surface area contributed by atoms with E-state index in [1.807, 2.05) is 0 Å². The van der Waals surface area contributed by atoms with Crippen LogP contribution in [0.3, 0.4) is 0 Å². The van der Waals surface area contributed by atoms with Gasteiger partial charge in [-0.05, 0) is 44.4 Å². The lowest BCUT2D eigenvalue weighted by Crippen LogP contribution is -2.29. The van der Waals surface area contributed by atoms with Crippen LogP contribution in [-0.4, -0.2) is 25.1 Å². The number of ether oxygens (including phenoxy) is 2. The average Bonchev–Trinajstić information content (AvgIpc) is 2.41. The number of carbonyl (C=O) groups excluding carboxylic acids is 1. The van der Waals surface area contributed by atoms with E-state index in [1.165, 1.54) is 19.1 Å². The fourth-order valence-corrected chi connectivity index (χ4v) is 2.42. The van der Waals surface area contributed by atoms with Crippen LogP contribution in [0.25, 0.3) is 0 Å². The highest BCUT2D eigenvalue weighted by molar-refractivity contribution is 5.94. The molecule has 0 aromatic heterocycles. The van der Waals surface area contributed by atoms with Crippen LogP contribution < -0.4 is 4.74 Å². The first-order valence-electron chi connectivity index (χ1n) is 6.60. The Morgan fingerprint density at radius 3 is 2.68 bits per heavy atom. The molecule has 4 heteroatoms. The Morgan fingerprint density at radius 2 is 2.05 bits per heavy atom. The fourth-order valence-electron chi connectivity index (χ4n) is 2.42. The maximum absolute atomic E-state index is 13.8. The molecule has 3 nitrogen and oxygen atoms in total. The van der Waals surface area contributed by atoms with Gasteiger partial charge in [-0.3, -0.25) is 4.79 Å². The number of hydrogen-bond acceptors (Lipinski definition) is 3. The molecule has 2 unspecified atom stereocenters. The zero-order valence-electron chi connectivity index (χ0n) is 11.3. The van der Waals surface area contributed by atoms with E-state index < -0.39 is 5.82 Å². The molecule has 1 saturated carbocycles. The predicted molar refractivity (Wildman–Crippen MR) is 70.1 cm³/mol. The highest BCUT2D eigenvalue weighted by Gasteiger charge is 2.24. The van der Waals surface area contributed by atoms with E-state index in [-0.39, 0.29) is 23.7 Å².